The molecule has 18 heteroatoms. The lowest BCUT2D eigenvalue weighted by molar-refractivity contribution is -0.136. The minimum Gasteiger partial charge on any atom is -0.388 e. The molecule has 3 fully saturated rings. The van der Waals surface area contributed by atoms with Crippen molar-refractivity contribution in [3.05, 3.63) is 88.6 Å². The molecule has 8 rings (SSSR count). The zero-order valence-electron chi connectivity index (χ0n) is 32.6. The number of fused-ring (bicyclic) bond motifs is 2. The fraction of sp³-hybridized carbons (Fsp3) is 0.357. The Morgan fingerprint density at radius 2 is 1.67 bits per heavy atom. The summed E-state index contributed by atoms with van der Waals surface area (Å²) < 4.78 is 36.1. The summed E-state index contributed by atoms with van der Waals surface area (Å²) in [6, 6.07) is 11.1. The van der Waals surface area contributed by atoms with Gasteiger partial charge in [0.05, 0.1) is 54.0 Å². The summed E-state index contributed by atoms with van der Waals surface area (Å²) in [6.07, 6.45) is 6.15. The second-order valence-electron chi connectivity index (χ2n) is 15.3. The van der Waals surface area contributed by atoms with E-state index in [9.17, 15) is 24.0 Å². The third kappa shape index (κ3) is 8.39. The number of para-hydroxylation sites is 1. The lowest BCUT2D eigenvalue weighted by Gasteiger charge is -2.32. The van der Waals surface area contributed by atoms with E-state index in [4.69, 9.17) is 10.1 Å². The minimum atomic E-state index is -1.10. The first-order chi connectivity index (χ1) is 29.1. The van der Waals surface area contributed by atoms with Crippen LogP contribution < -0.4 is 26.8 Å². The molecule has 5 aliphatic rings. The van der Waals surface area contributed by atoms with E-state index in [-0.39, 0.29) is 60.3 Å². The highest BCUT2D eigenvalue weighted by Gasteiger charge is 2.45. The molecule has 2 atom stereocenters. The van der Waals surface area contributed by atoms with Crippen molar-refractivity contribution in [2.45, 2.75) is 50.4 Å². The van der Waals surface area contributed by atoms with Crippen LogP contribution in [0.1, 0.15) is 52.0 Å². The average Bonchev–Trinajstić information content (AvgIpc) is 3.51. The van der Waals surface area contributed by atoms with E-state index in [1.165, 1.54) is 24.4 Å². The third-order valence-corrected chi connectivity index (χ3v) is 11.4. The molecule has 2 unspecified atom stereocenters. The highest BCUT2D eigenvalue weighted by atomic mass is 19.1. The summed E-state index contributed by atoms with van der Waals surface area (Å²) in [6.45, 7) is 3.71. The number of halogens is 2. The van der Waals surface area contributed by atoms with Gasteiger partial charge in [0.2, 0.25) is 11.8 Å². The Morgan fingerprint density at radius 1 is 0.933 bits per heavy atom. The first kappa shape index (κ1) is 40.4. The standard InChI is InChI=1S/C42H44F2N10O6/c43-30-17-24(18-31(44)29(30)22-53-13-15-60-16-14-53)27-3-1-6-33-39(27)48-34(21-47-33)25(19-45)20-46-26-9-11-52(12-10-26)23-37(56)51-50-32-5-2-4-28-38(32)42(59)54(41(28)58)35-7-8-36(55)49-40(35)57/h1-6,17-21,26,34-35,45-46,48,50H,7-16,22-23H2,(H,51,56)(H,49,55,57)/b25-20+,45-19?. The first-order valence-corrected chi connectivity index (χ1v) is 19.9. The molecule has 3 saturated heterocycles. The zero-order valence-corrected chi connectivity index (χ0v) is 32.6. The molecule has 0 aliphatic carbocycles. The number of nitrogens with one attached hydrogen (secondary N) is 6. The maximum Gasteiger partial charge on any atom is 0.264 e. The quantitative estimate of drug-likeness (QED) is 0.0892. The van der Waals surface area contributed by atoms with Crippen molar-refractivity contribution in [1.29, 1.82) is 5.41 Å². The molecule has 0 saturated carbocycles. The van der Waals surface area contributed by atoms with Crippen LogP contribution in [0.5, 0.6) is 0 Å². The number of nitrogens with zero attached hydrogens (tertiary/aromatic N) is 4. The number of aliphatic imine (C=N–C) groups is 1. The maximum atomic E-state index is 15.4. The van der Waals surface area contributed by atoms with Crippen molar-refractivity contribution >= 4 is 59.0 Å². The minimum absolute atomic E-state index is 0.00618. The number of hydrazine groups is 1. The largest absolute Gasteiger partial charge is 0.388 e. The van der Waals surface area contributed by atoms with Gasteiger partial charge in [0.25, 0.3) is 17.7 Å². The fourth-order valence-electron chi connectivity index (χ4n) is 8.14. The summed E-state index contributed by atoms with van der Waals surface area (Å²) in [5.74, 6) is -4.10. The van der Waals surface area contributed by atoms with Gasteiger partial charge in [-0.2, -0.15) is 0 Å². The molecule has 16 nitrogen and oxygen atoms in total. The second-order valence-corrected chi connectivity index (χ2v) is 15.3. The molecule has 0 spiro atoms. The van der Waals surface area contributed by atoms with Crippen LogP contribution in [0.3, 0.4) is 0 Å². The predicted molar refractivity (Wildman–Crippen MR) is 218 cm³/mol. The maximum absolute atomic E-state index is 15.4. The summed E-state index contributed by atoms with van der Waals surface area (Å²) in [5.41, 5.74) is 8.50. The number of carbonyl (C=O) groups is 5. The van der Waals surface area contributed by atoms with Crippen molar-refractivity contribution in [1.82, 2.24) is 30.8 Å². The van der Waals surface area contributed by atoms with Crippen LogP contribution in [0.25, 0.3) is 11.1 Å². The summed E-state index contributed by atoms with van der Waals surface area (Å²) in [4.78, 5) is 73.0. The Labute approximate surface area is 343 Å². The molecule has 5 amide bonds. The van der Waals surface area contributed by atoms with E-state index >= 15 is 8.78 Å². The van der Waals surface area contributed by atoms with Crippen molar-refractivity contribution in [2.24, 2.45) is 4.99 Å². The van der Waals surface area contributed by atoms with Crippen LogP contribution in [-0.4, -0.2) is 121 Å². The number of ether oxygens (including phenoxy) is 1. The SMILES string of the molecule is N=C/C(=C\NC1CCN(CC(=O)NNc2cccc3c2C(=O)N(C2CCC(=O)NC2=O)C3=O)CC1)C1C=Nc2cccc(-c3cc(F)c(CN4CCOCC4)c(F)c3)c2N1. The molecule has 5 aliphatic heterocycles. The topological polar surface area (TPSA) is 201 Å². The van der Waals surface area contributed by atoms with Crippen LogP contribution in [0, 0.1) is 17.0 Å². The lowest BCUT2D eigenvalue weighted by atomic mass is 9.97. The number of likely N-dealkylation sites (tertiary alicyclic amines) is 1. The second kappa shape index (κ2) is 17.5. The number of imide groups is 2. The van der Waals surface area contributed by atoms with Gasteiger partial charge < -0.3 is 20.8 Å². The molecule has 60 heavy (non-hydrogen) atoms. The molecule has 0 bridgehead atoms. The van der Waals surface area contributed by atoms with Crippen LogP contribution in [0.2, 0.25) is 0 Å². The van der Waals surface area contributed by atoms with E-state index < -0.39 is 47.3 Å². The molecule has 0 aromatic heterocycles. The van der Waals surface area contributed by atoms with Gasteiger partial charge in [-0.1, -0.05) is 18.2 Å². The van der Waals surface area contributed by atoms with Gasteiger partial charge in [-0.25, -0.2) is 8.78 Å². The van der Waals surface area contributed by atoms with E-state index in [1.807, 2.05) is 15.9 Å². The van der Waals surface area contributed by atoms with Crippen molar-refractivity contribution in [3.8, 4) is 11.1 Å². The normalized spacial score (nSPS) is 21.2. The monoisotopic (exact) mass is 822 g/mol. The van der Waals surface area contributed by atoms with Gasteiger partial charge in [-0.05, 0) is 55.2 Å². The van der Waals surface area contributed by atoms with E-state index in [1.54, 1.807) is 36.7 Å². The molecule has 3 aromatic carbocycles. The molecule has 3 aromatic rings. The molecule has 6 N–H and O–H groups in total. The van der Waals surface area contributed by atoms with Gasteiger partial charge in [-0.15, -0.1) is 0 Å². The van der Waals surface area contributed by atoms with E-state index in [0.29, 0.717) is 80.3 Å². The van der Waals surface area contributed by atoms with Gasteiger partial charge >= 0.3 is 0 Å². The zero-order chi connectivity index (χ0) is 41.9. The molecule has 312 valence electrons. The van der Waals surface area contributed by atoms with Crippen molar-refractivity contribution < 1.29 is 37.5 Å². The van der Waals surface area contributed by atoms with Gasteiger partial charge in [0.15, 0.2) is 0 Å². The van der Waals surface area contributed by atoms with Crippen LogP contribution >= 0.6 is 0 Å². The molecule has 0 radical (unpaired) electrons. The van der Waals surface area contributed by atoms with Gasteiger partial charge in [0.1, 0.15) is 17.7 Å². The van der Waals surface area contributed by atoms with Crippen molar-refractivity contribution in [2.75, 3.05) is 56.7 Å². The Bertz CT molecular complexity index is 2280. The first-order valence-electron chi connectivity index (χ1n) is 19.9. The Kier molecular flexibility index (Phi) is 11.8. The third-order valence-electron chi connectivity index (χ3n) is 11.4. The van der Waals surface area contributed by atoms with Gasteiger partial charge in [0, 0.05) is 80.5 Å². The van der Waals surface area contributed by atoms with Crippen LogP contribution in [0.4, 0.5) is 25.8 Å². The number of hydrogen-bond acceptors (Lipinski definition) is 13. The number of piperidine rings is 2. The van der Waals surface area contributed by atoms with Crippen molar-refractivity contribution in [3.63, 3.8) is 0 Å². The molecular formula is C42H44F2N10O6. The van der Waals surface area contributed by atoms with E-state index in [2.05, 4.69) is 31.8 Å². The number of rotatable bonds is 12. The predicted octanol–water partition coefficient (Wildman–Crippen LogP) is 3.09. The Balaban J connectivity index is 0.836. The summed E-state index contributed by atoms with van der Waals surface area (Å²) >= 11 is 0. The highest BCUT2D eigenvalue weighted by molar-refractivity contribution is 6.25. The average molecular weight is 823 g/mol. The smallest absolute Gasteiger partial charge is 0.264 e. The van der Waals surface area contributed by atoms with Gasteiger partial charge in [-0.3, -0.25) is 59.8 Å². The lowest BCUT2D eigenvalue weighted by Crippen LogP contribution is -2.54. The van der Waals surface area contributed by atoms with E-state index in [0.717, 1.165) is 4.90 Å². The Morgan fingerprint density at radius 3 is 2.40 bits per heavy atom. The number of benzene rings is 3. The number of amides is 5. The Hall–Kier alpha value is -6.37. The summed E-state index contributed by atoms with van der Waals surface area (Å²) in [7, 11) is 0. The summed E-state index contributed by atoms with van der Waals surface area (Å²) in [5, 5.41) is 17.2. The molecule has 5 heterocycles. The fourth-order valence-corrected chi connectivity index (χ4v) is 8.14. The number of hydrogen-bond donors (Lipinski definition) is 6. The van der Waals surface area contributed by atoms with Crippen LogP contribution in [-0.2, 0) is 25.7 Å². The number of anilines is 2. The molecular weight excluding hydrogens is 779 g/mol. The number of carbonyl (C=O) groups excluding carboxylic acids is 5. The highest BCUT2D eigenvalue weighted by Crippen LogP contribution is 2.40. The number of morpholine rings is 1. The van der Waals surface area contributed by atoms with Crippen LogP contribution in [0.15, 0.2) is 65.3 Å².